The van der Waals surface area contributed by atoms with Gasteiger partial charge in [0.15, 0.2) is 0 Å². The Morgan fingerprint density at radius 1 is 0.500 bits per heavy atom. The lowest BCUT2D eigenvalue weighted by Gasteiger charge is -2.36. The molecule has 0 spiro atoms. The van der Waals surface area contributed by atoms with E-state index in [4.69, 9.17) is 0 Å². The van der Waals surface area contributed by atoms with Crippen molar-refractivity contribution in [2.45, 2.75) is 162 Å². The maximum Gasteiger partial charge on any atom is 0.0667 e. The Balaban J connectivity index is 2.24. The van der Waals surface area contributed by atoms with Crippen molar-refractivity contribution in [2.24, 2.45) is 0 Å². The lowest BCUT2D eigenvalue weighted by molar-refractivity contribution is 0.0826. The van der Waals surface area contributed by atoms with Crippen LogP contribution in [-0.2, 0) is 0 Å². The van der Waals surface area contributed by atoms with Crippen molar-refractivity contribution in [3.8, 4) is 0 Å². The number of unbranched alkanes of at least 4 members (excludes halogenated alkanes) is 17. The van der Waals surface area contributed by atoms with Gasteiger partial charge in [0.2, 0.25) is 0 Å². The van der Waals surface area contributed by atoms with E-state index in [0.29, 0.717) is 0 Å². The summed E-state index contributed by atoms with van der Waals surface area (Å²) >= 11 is 0. The lowest BCUT2D eigenvalue weighted by Crippen LogP contribution is -2.49. The largest absolute Gasteiger partial charge is 0.392 e. The topological polar surface area (TPSA) is 30.0 Å². The summed E-state index contributed by atoms with van der Waals surface area (Å²) in [5.74, 6) is 0. The van der Waals surface area contributed by atoms with Gasteiger partial charge in [0.05, 0.1) is 6.10 Å². The molecule has 1 heterocycles. The fourth-order valence-corrected chi connectivity index (χ4v) is 6.03. The fourth-order valence-electron chi connectivity index (χ4n) is 6.03. The summed E-state index contributed by atoms with van der Waals surface area (Å²) in [6.45, 7) is 17.4. The third-order valence-corrected chi connectivity index (χ3v) is 8.67. The van der Waals surface area contributed by atoms with Crippen LogP contribution in [0.15, 0.2) is 0 Å². The molecule has 0 radical (unpaired) electrons. The smallest absolute Gasteiger partial charge is 0.0667 e. The van der Waals surface area contributed by atoms with Crippen LogP contribution in [-0.4, -0.2) is 84.8 Å². The monoisotopic (exact) mass is 538 g/mol. The van der Waals surface area contributed by atoms with Crippen molar-refractivity contribution in [1.82, 2.24) is 14.7 Å². The maximum atomic E-state index is 10.8. The molecule has 0 aromatic heterocycles. The van der Waals surface area contributed by atoms with E-state index in [1.807, 2.05) is 0 Å². The van der Waals surface area contributed by atoms with E-state index in [2.05, 4.69) is 35.5 Å². The average Bonchev–Trinajstić information content (AvgIpc) is 2.92. The Morgan fingerprint density at radius 2 is 0.921 bits per heavy atom. The zero-order valence-corrected chi connectivity index (χ0v) is 26.6. The number of hydrogen-bond acceptors (Lipinski definition) is 4. The van der Waals surface area contributed by atoms with Gasteiger partial charge in [-0.25, -0.2) is 0 Å². The van der Waals surface area contributed by atoms with Crippen molar-refractivity contribution in [3.05, 3.63) is 0 Å². The van der Waals surface area contributed by atoms with Crippen LogP contribution in [0.1, 0.15) is 156 Å². The summed E-state index contributed by atoms with van der Waals surface area (Å²) in [4.78, 5) is 7.87. The number of aliphatic hydroxyl groups excluding tert-OH is 1. The molecule has 1 N–H and O–H groups in total. The lowest BCUT2D eigenvalue weighted by atomic mass is 10.0. The van der Waals surface area contributed by atoms with E-state index in [-0.39, 0.29) is 6.10 Å². The molecule has 38 heavy (non-hydrogen) atoms. The van der Waals surface area contributed by atoms with Crippen LogP contribution in [0.4, 0.5) is 0 Å². The Hall–Kier alpha value is -0.160. The number of nitrogens with zero attached hydrogens (tertiary/aromatic N) is 3. The summed E-state index contributed by atoms with van der Waals surface area (Å²) in [7, 11) is 0. The van der Waals surface area contributed by atoms with E-state index < -0.39 is 0 Å². The highest BCUT2D eigenvalue weighted by molar-refractivity contribution is 4.74. The third-order valence-electron chi connectivity index (χ3n) is 8.67. The van der Waals surface area contributed by atoms with Crippen molar-refractivity contribution in [2.75, 3.05) is 58.9 Å². The average molecular weight is 538 g/mol. The Bertz CT molecular complexity index is 467. The van der Waals surface area contributed by atoms with Gasteiger partial charge < -0.3 is 10.0 Å². The Morgan fingerprint density at radius 3 is 1.39 bits per heavy atom. The molecule has 0 aromatic carbocycles. The molecule has 4 heteroatoms. The summed E-state index contributed by atoms with van der Waals surface area (Å²) in [5, 5.41) is 10.8. The molecule has 1 aliphatic rings. The molecule has 1 unspecified atom stereocenters. The molecule has 0 amide bonds. The third kappa shape index (κ3) is 21.6. The van der Waals surface area contributed by atoms with Crippen molar-refractivity contribution >= 4 is 0 Å². The molecule has 0 saturated carbocycles. The molecule has 1 saturated heterocycles. The van der Waals surface area contributed by atoms with Gasteiger partial charge in [0.1, 0.15) is 0 Å². The van der Waals surface area contributed by atoms with Gasteiger partial charge in [0, 0.05) is 45.8 Å². The number of piperazine rings is 1. The van der Waals surface area contributed by atoms with E-state index in [1.165, 1.54) is 174 Å². The first kappa shape index (κ1) is 35.9. The van der Waals surface area contributed by atoms with E-state index in [1.54, 1.807) is 0 Å². The molecular formula is C34H71N3O. The van der Waals surface area contributed by atoms with E-state index in [0.717, 1.165) is 19.5 Å². The van der Waals surface area contributed by atoms with Crippen LogP contribution in [0.25, 0.3) is 0 Å². The molecule has 0 aliphatic carbocycles. The zero-order valence-electron chi connectivity index (χ0n) is 26.6. The van der Waals surface area contributed by atoms with Crippen LogP contribution in [0.3, 0.4) is 0 Å². The maximum absolute atomic E-state index is 10.8. The molecule has 0 aromatic rings. The highest BCUT2D eigenvalue weighted by Crippen LogP contribution is 2.14. The zero-order chi connectivity index (χ0) is 27.5. The predicted octanol–water partition coefficient (Wildman–Crippen LogP) is 8.52. The summed E-state index contributed by atoms with van der Waals surface area (Å²) < 4.78 is 0. The highest BCUT2D eigenvalue weighted by atomic mass is 16.3. The van der Waals surface area contributed by atoms with Crippen LogP contribution in [0.2, 0.25) is 0 Å². The quantitative estimate of drug-likeness (QED) is 0.101. The molecule has 0 bridgehead atoms. The van der Waals surface area contributed by atoms with E-state index >= 15 is 0 Å². The number of hydrogen-bond donors (Lipinski definition) is 1. The van der Waals surface area contributed by atoms with Gasteiger partial charge in [-0.05, 0) is 32.4 Å². The van der Waals surface area contributed by atoms with Gasteiger partial charge in [0.25, 0.3) is 0 Å². The van der Waals surface area contributed by atoms with Crippen LogP contribution < -0.4 is 0 Å². The first-order chi connectivity index (χ1) is 18.7. The molecule has 1 rings (SSSR count). The molecule has 228 valence electrons. The van der Waals surface area contributed by atoms with Gasteiger partial charge in [-0.2, -0.15) is 0 Å². The summed E-state index contributed by atoms with van der Waals surface area (Å²) in [6, 6.07) is 0. The first-order valence-electron chi connectivity index (χ1n) is 17.5. The normalized spacial score (nSPS) is 16.0. The molecule has 1 aliphatic heterocycles. The van der Waals surface area contributed by atoms with Gasteiger partial charge >= 0.3 is 0 Å². The molecule has 1 atom stereocenters. The standard InChI is InChI=1S/C34H71N3O/c1-4-7-9-11-13-15-16-17-19-21-23-26-37(32-31-36-29-27-35(25-6-3)28-30-36)33-34(38)24-22-20-18-14-12-10-8-5-2/h34,38H,4-33H2,1-3H3. The second-order valence-corrected chi connectivity index (χ2v) is 12.4. The first-order valence-corrected chi connectivity index (χ1v) is 17.5. The van der Waals surface area contributed by atoms with Crippen molar-refractivity contribution < 1.29 is 5.11 Å². The number of aliphatic hydroxyl groups is 1. The van der Waals surface area contributed by atoms with E-state index in [9.17, 15) is 5.11 Å². The second kappa shape index (κ2) is 27.0. The van der Waals surface area contributed by atoms with Crippen LogP contribution in [0.5, 0.6) is 0 Å². The van der Waals surface area contributed by atoms with Crippen molar-refractivity contribution in [3.63, 3.8) is 0 Å². The molecule has 4 nitrogen and oxygen atoms in total. The Labute approximate surface area is 240 Å². The molecule has 1 fully saturated rings. The SMILES string of the molecule is CCCCCCCCCCCCCN(CCN1CCN(CCC)CC1)CC(O)CCCCCCCCCC. The minimum atomic E-state index is -0.149. The van der Waals surface area contributed by atoms with Crippen LogP contribution >= 0.6 is 0 Å². The van der Waals surface area contributed by atoms with Crippen LogP contribution in [0, 0.1) is 0 Å². The summed E-state index contributed by atoms with van der Waals surface area (Å²) in [6.07, 6.45) is 28.3. The summed E-state index contributed by atoms with van der Waals surface area (Å²) in [5.41, 5.74) is 0. The van der Waals surface area contributed by atoms with Gasteiger partial charge in [-0.1, -0.05) is 136 Å². The number of rotatable bonds is 28. The Kier molecular flexibility index (Phi) is 25.5. The fraction of sp³-hybridized carbons (Fsp3) is 1.00. The minimum absolute atomic E-state index is 0.149. The van der Waals surface area contributed by atoms with Gasteiger partial charge in [-0.3, -0.25) is 9.80 Å². The predicted molar refractivity (Wildman–Crippen MR) is 169 cm³/mol. The second-order valence-electron chi connectivity index (χ2n) is 12.4. The highest BCUT2D eigenvalue weighted by Gasteiger charge is 2.18. The minimum Gasteiger partial charge on any atom is -0.392 e. The molecular weight excluding hydrogens is 466 g/mol. The van der Waals surface area contributed by atoms with Gasteiger partial charge in [-0.15, -0.1) is 0 Å². The van der Waals surface area contributed by atoms with Crippen molar-refractivity contribution in [1.29, 1.82) is 0 Å².